The van der Waals surface area contributed by atoms with Crippen LogP contribution in [0.2, 0.25) is 0 Å². The summed E-state index contributed by atoms with van der Waals surface area (Å²) < 4.78 is 5.17. The molecule has 1 aromatic rings. The van der Waals surface area contributed by atoms with Crippen molar-refractivity contribution in [1.82, 2.24) is 5.32 Å². The second kappa shape index (κ2) is 7.46. The van der Waals surface area contributed by atoms with Gasteiger partial charge in [-0.2, -0.15) is 0 Å². The molecular formula is C17H27NO3. The van der Waals surface area contributed by atoms with E-state index in [-0.39, 0.29) is 6.61 Å². The van der Waals surface area contributed by atoms with Crippen LogP contribution in [0.5, 0.6) is 0 Å². The van der Waals surface area contributed by atoms with E-state index < -0.39 is 17.1 Å². The third kappa shape index (κ3) is 4.74. The van der Waals surface area contributed by atoms with Crippen LogP contribution in [0.1, 0.15) is 46.1 Å². The fourth-order valence-electron chi connectivity index (χ4n) is 2.44. The number of hydrogen-bond acceptors (Lipinski definition) is 3. The lowest BCUT2D eigenvalue weighted by Crippen LogP contribution is -2.50. The van der Waals surface area contributed by atoms with Crippen LogP contribution < -0.4 is 5.32 Å². The van der Waals surface area contributed by atoms with Gasteiger partial charge in [0.15, 0.2) is 0 Å². The smallest absolute Gasteiger partial charge is 0.407 e. The highest BCUT2D eigenvalue weighted by Crippen LogP contribution is 2.35. The lowest BCUT2D eigenvalue weighted by molar-refractivity contribution is -0.0715. The molecule has 1 aromatic carbocycles. The van der Waals surface area contributed by atoms with Crippen molar-refractivity contribution in [1.29, 1.82) is 0 Å². The molecule has 0 fully saturated rings. The SMILES string of the molecule is CCC(O)(CC)C(C)(C)CNC(=O)OCc1ccccc1. The molecular weight excluding hydrogens is 266 g/mol. The van der Waals surface area contributed by atoms with Gasteiger partial charge < -0.3 is 15.2 Å². The topological polar surface area (TPSA) is 58.6 Å². The van der Waals surface area contributed by atoms with E-state index in [1.165, 1.54) is 0 Å². The summed E-state index contributed by atoms with van der Waals surface area (Å²) >= 11 is 0. The monoisotopic (exact) mass is 293 g/mol. The normalized spacial score (nSPS) is 12.0. The van der Waals surface area contributed by atoms with Crippen molar-refractivity contribution in [3.05, 3.63) is 35.9 Å². The summed E-state index contributed by atoms with van der Waals surface area (Å²) in [7, 11) is 0. The molecule has 0 aromatic heterocycles. The van der Waals surface area contributed by atoms with Crippen molar-refractivity contribution in [2.45, 2.75) is 52.7 Å². The molecule has 4 nitrogen and oxygen atoms in total. The number of hydrogen-bond donors (Lipinski definition) is 2. The van der Waals surface area contributed by atoms with E-state index in [0.29, 0.717) is 19.4 Å². The number of nitrogens with one attached hydrogen (secondary N) is 1. The maximum Gasteiger partial charge on any atom is 0.407 e. The Kier molecular flexibility index (Phi) is 6.21. The number of amides is 1. The van der Waals surface area contributed by atoms with Gasteiger partial charge in [-0.15, -0.1) is 0 Å². The van der Waals surface area contributed by atoms with E-state index >= 15 is 0 Å². The summed E-state index contributed by atoms with van der Waals surface area (Å²) in [5.74, 6) is 0. The molecule has 0 spiro atoms. The minimum absolute atomic E-state index is 0.249. The lowest BCUT2D eigenvalue weighted by Gasteiger charge is -2.41. The maximum absolute atomic E-state index is 11.8. The van der Waals surface area contributed by atoms with Gasteiger partial charge in [-0.1, -0.05) is 58.0 Å². The number of carbonyl (C=O) groups is 1. The van der Waals surface area contributed by atoms with Gasteiger partial charge in [-0.3, -0.25) is 0 Å². The van der Waals surface area contributed by atoms with E-state index in [1.54, 1.807) is 0 Å². The predicted molar refractivity (Wildman–Crippen MR) is 83.9 cm³/mol. The fraction of sp³-hybridized carbons (Fsp3) is 0.588. The van der Waals surface area contributed by atoms with Crippen molar-refractivity contribution < 1.29 is 14.6 Å². The number of benzene rings is 1. The first-order valence-corrected chi connectivity index (χ1v) is 7.51. The largest absolute Gasteiger partial charge is 0.445 e. The third-order valence-corrected chi connectivity index (χ3v) is 4.32. The van der Waals surface area contributed by atoms with Gasteiger partial charge >= 0.3 is 6.09 Å². The highest BCUT2D eigenvalue weighted by molar-refractivity contribution is 5.67. The van der Waals surface area contributed by atoms with Gasteiger partial charge in [0.1, 0.15) is 6.61 Å². The van der Waals surface area contributed by atoms with E-state index in [0.717, 1.165) is 5.56 Å². The lowest BCUT2D eigenvalue weighted by atomic mass is 9.71. The number of carbonyl (C=O) groups excluding carboxylic acids is 1. The molecule has 0 heterocycles. The highest BCUT2D eigenvalue weighted by Gasteiger charge is 2.40. The Balaban J connectivity index is 2.45. The van der Waals surface area contributed by atoms with Crippen LogP contribution in [0.3, 0.4) is 0 Å². The minimum atomic E-state index is -0.792. The molecule has 0 bridgehead atoms. The van der Waals surface area contributed by atoms with Crippen LogP contribution in [0.25, 0.3) is 0 Å². The van der Waals surface area contributed by atoms with Crippen LogP contribution in [-0.2, 0) is 11.3 Å². The Bertz CT molecular complexity index is 439. The Hall–Kier alpha value is -1.55. The van der Waals surface area contributed by atoms with E-state index in [4.69, 9.17) is 4.74 Å². The Morgan fingerprint density at radius 2 is 1.76 bits per heavy atom. The second-order valence-electron chi connectivity index (χ2n) is 6.04. The molecule has 0 saturated carbocycles. The van der Waals surface area contributed by atoms with E-state index in [9.17, 15) is 9.90 Å². The summed E-state index contributed by atoms with van der Waals surface area (Å²) in [6, 6.07) is 9.54. The first kappa shape index (κ1) is 17.5. The van der Waals surface area contributed by atoms with Gasteiger partial charge in [-0.05, 0) is 18.4 Å². The zero-order valence-corrected chi connectivity index (χ0v) is 13.5. The molecule has 2 N–H and O–H groups in total. The zero-order valence-electron chi connectivity index (χ0n) is 13.5. The van der Waals surface area contributed by atoms with Crippen LogP contribution in [0, 0.1) is 5.41 Å². The van der Waals surface area contributed by atoms with Gasteiger partial charge in [0.05, 0.1) is 5.60 Å². The van der Waals surface area contributed by atoms with Crippen molar-refractivity contribution in [2.24, 2.45) is 5.41 Å². The van der Waals surface area contributed by atoms with Crippen LogP contribution in [-0.4, -0.2) is 23.3 Å². The van der Waals surface area contributed by atoms with Gasteiger partial charge in [0.25, 0.3) is 0 Å². The molecule has 4 heteroatoms. The van der Waals surface area contributed by atoms with Gasteiger partial charge in [0.2, 0.25) is 0 Å². The van der Waals surface area contributed by atoms with Crippen molar-refractivity contribution in [3.8, 4) is 0 Å². The summed E-state index contributed by atoms with van der Waals surface area (Å²) in [4.78, 5) is 11.8. The molecule has 0 saturated heterocycles. The van der Waals surface area contributed by atoms with Crippen LogP contribution in [0.15, 0.2) is 30.3 Å². The summed E-state index contributed by atoms with van der Waals surface area (Å²) in [6.45, 7) is 8.45. The zero-order chi connectivity index (χ0) is 15.9. The van der Waals surface area contributed by atoms with Crippen LogP contribution >= 0.6 is 0 Å². The molecule has 118 valence electrons. The maximum atomic E-state index is 11.8. The summed E-state index contributed by atoms with van der Waals surface area (Å²) in [6.07, 6.45) is 0.843. The van der Waals surface area contributed by atoms with E-state index in [2.05, 4.69) is 5.32 Å². The summed E-state index contributed by atoms with van der Waals surface area (Å²) in [5, 5.41) is 13.3. The van der Waals surface area contributed by atoms with E-state index in [1.807, 2.05) is 58.0 Å². The quantitative estimate of drug-likeness (QED) is 0.809. The fourth-order valence-corrected chi connectivity index (χ4v) is 2.44. The third-order valence-electron chi connectivity index (χ3n) is 4.32. The number of aliphatic hydroxyl groups is 1. The second-order valence-corrected chi connectivity index (χ2v) is 6.04. The van der Waals surface area contributed by atoms with Crippen LogP contribution in [0.4, 0.5) is 4.79 Å². The average molecular weight is 293 g/mol. The molecule has 1 amide bonds. The number of ether oxygens (including phenoxy) is 1. The van der Waals surface area contributed by atoms with Crippen molar-refractivity contribution in [2.75, 3.05) is 6.54 Å². The van der Waals surface area contributed by atoms with Gasteiger partial charge in [0, 0.05) is 12.0 Å². The first-order valence-electron chi connectivity index (χ1n) is 7.51. The molecule has 21 heavy (non-hydrogen) atoms. The van der Waals surface area contributed by atoms with Crippen molar-refractivity contribution >= 4 is 6.09 Å². The minimum Gasteiger partial charge on any atom is -0.445 e. The molecule has 0 aliphatic heterocycles. The molecule has 0 aliphatic rings. The first-order chi connectivity index (χ1) is 9.84. The Morgan fingerprint density at radius 3 is 2.29 bits per heavy atom. The molecule has 1 rings (SSSR count). The standard InChI is InChI=1S/C17H27NO3/c1-5-17(20,6-2)16(3,4)13-18-15(19)21-12-14-10-8-7-9-11-14/h7-11,20H,5-6,12-13H2,1-4H3,(H,18,19). The number of alkyl carbamates (subject to hydrolysis) is 1. The highest BCUT2D eigenvalue weighted by atomic mass is 16.5. The summed E-state index contributed by atoms with van der Waals surface area (Å²) in [5.41, 5.74) is -0.257. The molecule has 0 aliphatic carbocycles. The average Bonchev–Trinajstić information content (AvgIpc) is 2.51. The van der Waals surface area contributed by atoms with Gasteiger partial charge in [-0.25, -0.2) is 4.79 Å². The molecule has 0 unspecified atom stereocenters. The Labute approximate surface area is 127 Å². The molecule has 0 radical (unpaired) electrons. The predicted octanol–water partition coefficient (Wildman–Crippen LogP) is 3.49. The van der Waals surface area contributed by atoms with Crippen molar-refractivity contribution in [3.63, 3.8) is 0 Å². The molecule has 0 atom stereocenters. The number of rotatable bonds is 7. The Morgan fingerprint density at radius 1 is 1.19 bits per heavy atom.